The molecular weight excluding hydrogens is 395 g/mol. The molecule has 29 heavy (non-hydrogen) atoms. The number of halogens is 1. The zero-order chi connectivity index (χ0) is 21.0. The molecule has 0 unspecified atom stereocenters. The normalized spacial score (nSPS) is 17.7. The van der Waals surface area contributed by atoms with E-state index in [1.54, 1.807) is 0 Å². The van der Waals surface area contributed by atoms with Crippen LogP contribution in [-0.4, -0.2) is 38.8 Å². The number of nitrogens with one attached hydrogen (secondary N) is 1. The number of methoxy groups -OCH3 is 1. The van der Waals surface area contributed by atoms with Gasteiger partial charge in [-0.25, -0.2) is 12.8 Å². The first-order chi connectivity index (χ1) is 13.8. The van der Waals surface area contributed by atoms with Gasteiger partial charge in [-0.05, 0) is 43.5 Å². The molecule has 6 nitrogen and oxygen atoms in total. The fraction of sp³-hybridized carbons (Fsp3) is 0.381. The van der Waals surface area contributed by atoms with Crippen molar-refractivity contribution in [2.75, 3.05) is 20.2 Å². The Kier molecular flexibility index (Phi) is 6.54. The van der Waals surface area contributed by atoms with Crippen LogP contribution in [0.2, 0.25) is 0 Å². The van der Waals surface area contributed by atoms with Gasteiger partial charge in [0.2, 0.25) is 15.9 Å². The van der Waals surface area contributed by atoms with E-state index in [-0.39, 0.29) is 29.6 Å². The lowest BCUT2D eigenvalue weighted by Gasteiger charge is -2.31. The van der Waals surface area contributed by atoms with Crippen molar-refractivity contribution in [1.82, 2.24) is 9.62 Å². The molecule has 156 valence electrons. The fourth-order valence-electron chi connectivity index (χ4n) is 3.41. The summed E-state index contributed by atoms with van der Waals surface area (Å²) >= 11 is 0. The SMILES string of the molecule is COc1ccc(F)cc1S(=O)(=O)N1CCC[C@H](C(=O)NCc2ccc(C)cc2)C1. The Balaban J connectivity index is 1.70. The highest BCUT2D eigenvalue weighted by Crippen LogP contribution is 2.30. The topological polar surface area (TPSA) is 75.7 Å². The second kappa shape index (κ2) is 8.92. The van der Waals surface area contributed by atoms with Gasteiger partial charge < -0.3 is 10.1 Å². The monoisotopic (exact) mass is 420 g/mol. The number of amides is 1. The molecule has 0 spiro atoms. The third kappa shape index (κ3) is 4.94. The van der Waals surface area contributed by atoms with E-state index in [4.69, 9.17) is 4.74 Å². The molecule has 1 aliphatic rings. The molecule has 1 heterocycles. The summed E-state index contributed by atoms with van der Waals surface area (Å²) in [6.45, 7) is 2.72. The minimum atomic E-state index is -3.98. The van der Waals surface area contributed by atoms with Gasteiger partial charge in [-0.1, -0.05) is 29.8 Å². The first-order valence-corrected chi connectivity index (χ1v) is 10.9. The molecule has 1 atom stereocenters. The van der Waals surface area contributed by atoms with E-state index in [1.807, 2.05) is 31.2 Å². The highest BCUT2D eigenvalue weighted by Gasteiger charge is 2.35. The molecule has 0 radical (unpaired) electrons. The van der Waals surface area contributed by atoms with Gasteiger partial charge in [0.25, 0.3) is 0 Å². The largest absolute Gasteiger partial charge is 0.495 e. The predicted molar refractivity (Wildman–Crippen MR) is 107 cm³/mol. The standard InChI is InChI=1S/C21H25FN2O4S/c1-15-5-7-16(8-6-15)13-23-21(25)17-4-3-11-24(14-17)29(26,27)20-12-18(22)9-10-19(20)28-2/h5-10,12,17H,3-4,11,13-14H2,1-2H3,(H,23,25)/t17-/m0/s1. The number of hydrogen-bond acceptors (Lipinski definition) is 4. The molecule has 3 rings (SSSR count). The van der Waals surface area contributed by atoms with E-state index >= 15 is 0 Å². The van der Waals surface area contributed by atoms with Gasteiger partial charge in [0.15, 0.2) is 0 Å². The second-order valence-electron chi connectivity index (χ2n) is 7.20. The summed E-state index contributed by atoms with van der Waals surface area (Å²) in [5, 5.41) is 2.89. The van der Waals surface area contributed by atoms with E-state index in [1.165, 1.54) is 17.5 Å². The number of ether oxygens (including phenoxy) is 1. The zero-order valence-corrected chi connectivity index (χ0v) is 17.3. The van der Waals surface area contributed by atoms with Crippen molar-refractivity contribution in [2.24, 2.45) is 5.92 Å². The summed E-state index contributed by atoms with van der Waals surface area (Å²) in [5.41, 5.74) is 2.12. The van der Waals surface area contributed by atoms with Crippen molar-refractivity contribution >= 4 is 15.9 Å². The Labute approximate surface area is 170 Å². The summed E-state index contributed by atoms with van der Waals surface area (Å²) < 4.78 is 46.1. The van der Waals surface area contributed by atoms with Crippen LogP contribution in [0, 0.1) is 18.7 Å². The van der Waals surface area contributed by atoms with E-state index in [9.17, 15) is 17.6 Å². The Morgan fingerprint density at radius 2 is 1.97 bits per heavy atom. The average molecular weight is 421 g/mol. The Morgan fingerprint density at radius 1 is 1.24 bits per heavy atom. The third-order valence-corrected chi connectivity index (χ3v) is 6.97. The number of carbonyl (C=O) groups is 1. The first-order valence-electron chi connectivity index (χ1n) is 9.48. The van der Waals surface area contributed by atoms with Gasteiger partial charge in [-0.15, -0.1) is 0 Å². The van der Waals surface area contributed by atoms with Crippen LogP contribution in [0.1, 0.15) is 24.0 Å². The van der Waals surface area contributed by atoms with Crippen LogP contribution < -0.4 is 10.1 Å². The molecule has 1 N–H and O–H groups in total. The molecule has 0 aliphatic carbocycles. The molecule has 0 aromatic heterocycles. The van der Waals surface area contributed by atoms with Crippen LogP contribution in [0.4, 0.5) is 4.39 Å². The summed E-state index contributed by atoms with van der Waals surface area (Å²) in [6, 6.07) is 11.2. The van der Waals surface area contributed by atoms with Crippen LogP contribution in [0.3, 0.4) is 0 Å². The van der Waals surface area contributed by atoms with Crippen molar-refractivity contribution in [3.05, 3.63) is 59.4 Å². The van der Waals surface area contributed by atoms with Gasteiger partial charge in [0.1, 0.15) is 16.5 Å². The van der Waals surface area contributed by atoms with E-state index in [2.05, 4.69) is 5.32 Å². The molecule has 0 bridgehead atoms. The third-order valence-electron chi connectivity index (χ3n) is 5.09. The van der Waals surface area contributed by atoms with Gasteiger partial charge in [0.05, 0.1) is 13.0 Å². The molecule has 2 aromatic rings. The number of aryl methyl sites for hydroxylation is 1. The smallest absolute Gasteiger partial charge is 0.246 e. The average Bonchev–Trinajstić information content (AvgIpc) is 2.73. The minimum Gasteiger partial charge on any atom is -0.495 e. The molecule has 1 amide bonds. The van der Waals surface area contributed by atoms with Crippen LogP contribution in [0.15, 0.2) is 47.4 Å². The molecule has 0 saturated carbocycles. The lowest BCUT2D eigenvalue weighted by molar-refractivity contribution is -0.126. The molecule has 1 saturated heterocycles. The second-order valence-corrected chi connectivity index (χ2v) is 9.11. The first kappa shape index (κ1) is 21.3. The number of benzene rings is 2. The highest BCUT2D eigenvalue weighted by molar-refractivity contribution is 7.89. The number of piperidine rings is 1. The number of nitrogens with zero attached hydrogens (tertiary/aromatic N) is 1. The van der Waals surface area contributed by atoms with Crippen molar-refractivity contribution in [3.8, 4) is 5.75 Å². The summed E-state index contributed by atoms with van der Waals surface area (Å²) in [6.07, 6.45) is 1.16. The minimum absolute atomic E-state index is 0.0573. The molecule has 2 aromatic carbocycles. The van der Waals surface area contributed by atoms with Crippen molar-refractivity contribution in [1.29, 1.82) is 0 Å². The van der Waals surface area contributed by atoms with E-state index < -0.39 is 21.8 Å². The quantitative estimate of drug-likeness (QED) is 0.780. The van der Waals surface area contributed by atoms with Crippen molar-refractivity contribution in [2.45, 2.75) is 31.2 Å². The van der Waals surface area contributed by atoms with Crippen molar-refractivity contribution in [3.63, 3.8) is 0 Å². The maximum Gasteiger partial charge on any atom is 0.246 e. The number of hydrogen-bond donors (Lipinski definition) is 1. The Bertz CT molecular complexity index is 977. The van der Waals surface area contributed by atoms with Gasteiger partial charge in [-0.3, -0.25) is 4.79 Å². The van der Waals surface area contributed by atoms with E-state index in [0.717, 1.165) is 23.3 Å². The van der Waals surface area contributed by atoms with Crippen LogP contribution in [0.5, 0.6) is 5.75 Å². The van der Waals surface area contributed by atoms with Crippen LogP contribution in [-0.2, 0) is 21.4 Å². The predicted octanol–water partition coefficient (Wildman–Crippen LogP) is 2.86. The zero-order valence-electron chi connectivity index (χ0n) is 16.5. The highest BCUT2D eigenvalue weighted by atomic mass is 32.2. The number of sulfonamides is 1. The number of carbonyl (C=O) groups excluding carboxylic acids is 1. The Hall–Kier alpha value is -2.45. The van der Waals surface area contributed by atoms with E-state index in [0.29, 0.717) is 19.4 Å². The molecule has 1 fully saturated rings. The maximum atomic E-state index is 13.7. The Morgan fingerprint density at radius 3 is 2.66 bits per heavy atom. The van der Waals surface area contributed by atoms with Gasteiger partial charge in [0, 0.05) is 19.6 Å². The van der Waals surface area contributed by atoms with Crippen LogP contribution in [0.25, 0.3) is 0 Å². The molecule has 8 heteroatoms. The van der Waals surface area contributed by atoms with Crippen molar-refractivity contribution < 1.29 is 22.3 Å². The molecule has 1 aliphatic heterocycles. The van der Waals surface area contributed by atoms with Gasteiger partial charge in [-0.2, -0.15) is 4.31 Å². The summed E-state index contributed by atoms with van der Waals surface area (Å²) in [4.78, 5) is 12.4. The summed E-state index contributed by atoms with van der Waals surface area (Å²) in [7, 11) is -2.64. The lowest BCUT2D eigenvalue weighted by Crippen LogP contribution is -2.45. The molecular formula is C21H25FN2O4S. The number of rotatable bonds is 6. The van der Waals surface area contributed by atoms with Gasteiger partial charge >= 0.3 is 0 Å². The fourth-order valence-corrected chi connectivity index (χ4v) is 5.10. The van der Waals surface area contributed by atoms with Crippen LogP contribution >= 0.6 is 0 Å². The maximum absolute atomic E-state index is 13.7. The summed E-state index contributed by atoms with van der Waals surface area (Å²) in [5.74, 6) is -1.22. The lowest BCUT2D eigenvalue weighted by atomic mass is 9.98.